The fourth-order valence-electron chi connectivity index (χ4n) is 2.89. The molecule has 0 aromatic carbocycles. The molecule has 1 atom stereocenters. The van der Waals surface area contributed by atoms with Crippen LogP contribution in [-0.2, 0) is 6.42 Å². The van der Waals surface area contributed by atoms with Gasteiger partial charge in [-0.25, -0.2) is 4.79 Å². The molecule has 0 saturated heterocycles. The van der Waals surface area contributed by atoms with E-state index in [4.69, 9.17) is 0 Å². The van der Waals surface area contributed by atoms with E-state index in [-0.39, 0.29) is 18.6 Å². The van der Waals surface area contributed by atoms with Gasteiger partial charge in [0, 0.05) is 37.0 Å². The smallest absolute Gasteiger partial charge is 0.315 e. The van der Waals surface area contributed by atoms with Crippen LogP contribution in [0.1, 0.15) is 38.3 Å². The third kappa shape index (κ3) is 5.64. The van der Waals surface area contributed by atoms with Crippen LogP contribution < -0.4 is 10.6 Å². The highest BCUT2D eigenvalue weighted by atomic mass is 16.3. The minimum absolute atomic E-state index is 0.00738. The number of hydrogen-bond donors (Lipinski definition) is 3. The first kappa shape index (κ1) is 16.7. The van der Waals surface area contributed by atoms with Gasteiger partial charge in [0.05, 0.1) is 0 Å². The van der Waals surface area contributed by atoms with Crippen molar-refractivity contribution in [3.05, 3.63) is 30.1 Å². The number of amides is 2. The number of rotatable bonds is 6. The predicted molar refractivity (Wildman–Crippen MR) is 86.5 cm³/mol. The second-order valence-electron chi connectivity index (χ2n) is 6.38. The van der Waals surface area contributed by atoms with E-state index >= 15 is 0 Å². The molecule has 2 rings (SSSR count). The number of aromatic nitrogens is 1. The summed E-state index contributed by atoms with van der Waals surface area (Å²) < 4.78 is 0. The van der Waals surface area contributed by atoms with Crippen LogP contribution in [0.3, 0.4) is 0 Å². The first-order valence-electron chi connectivity index (χ1n) is 8.22. The van der Waals surface area contributed by atoms with E-state index in [2.05, 4.69) is 22.5 Å². The molecule has 5 nitrogen and oxygen atoms in total. The summed E-state index contributed by atoms with van der Waals surface area (Å²) in [5, 5.41) is 15.4. The molecule has 0 spiro atoms. The quantitative estimate of drug-likeness (QED) is 0.753. The van der Waals surface area contributed by atoms with E-state index in [0.717, 1.165) is 24.5 Å². The van der Waals surface area contributed by atoms with Crippen molar-refractivity contribution in [3.63, 3.8) is 0 Å². The molecule has 0 bridgehead atoms. The van der Waals surface area contributed by atoms with E-state index in [1.54, 1.807) is 6.20 Å². The zero-order valence-electron chi connectivity index (χ0n) is 13.3. The normalized spacial score (nSPS) is 22.8. The molecule has 1 saturated carbocycles. The van der Waals surface area contributed by atoms with Crippen LogP contribution in [0.5, 0.6) is 0 Å². The third-order valence-corrected chi connectivity index (χ3v) is 4.38. The molecule has 0 aliphatic heterocycles. The Bertz CT molecular complexity index is 444. The zero-order chi connectivity index (χ0) is 15.8. The minimum Gasteiger partial charge on any atom is -0.396 e. The summed E-state index contributed by atoms with van der Waals surface area (Å²) in [6.07, 6.45) is 6.90. The van der Waals surface area contributed by atoms with Crippen molar-refractivity contribution >= 4 is 6.03 Å². The highest BCUT2D eigenvalue weighted by Crippen LogP contribution is 2.23. The van der Waals surface area contributed by atoms with Gasteiger partial charge >= 0.3 is 6.03 Å². The fraction of sp³-hybridized carbons (Fsp3) is 0.647. The van der Waals surface area contributed by atoms with E-state index < -0.39 is 0 Å². The lowest BCUT2D eigenvalue weighted by Crippen LogP contribution is -2.45. The summed E-state index contributed by atoms with van der Waals surface area (Å²) in [4.78, 5) is 16.2. The van der Waals surface area contributed by atoms with Crippen molar-refractivity contribution < 1.29 is 9.90 Å². The Morgan fingerprint density at radius 2 is 2.14 bits per heavy atom. The number of aliphatic hydroxyl groups is 1. The summed E-state index contributed by atoms with van der Waals surface area (Å²) in [6, 6.07) is 5.90. The van der Waals surface area contributed by atoms with Gasteiger partial charge in [0.25, 0.3) is 0 Å². The standard InChI is InChI=1S/C17H27N3O2/c1-13-5-7-15(8-6-13)20-17(22)19-11-14(12-21)10-16-4-2-3-9-18-16/h2-4,9,13-15,21H,5-8,10-12H2,1H3,(H2,19,20,22). The molecule has 1 unspecified atom stereocenters. The van der Waals surface area contributed by atoms with E-state index in [1.807, 2.05) is 18.2 Å². The number of nitrogens with one attached hydrogen (secondary N) is 2. The van der Waals surface area contributed by atoms with Crippen LogP contribution in [0.25, 0.3) is 0 Å². The molecule has 122 valence electrons. The summed E-state index contributed by atoms with van der Waals surface area (Å²) in [5.74, 6) is 0.769. The molecule has 1 fully saturated rings. The monoisotopic (exact) mass is 305 g/mol. The van der Waals surface area contributed by atoms with Gasteiger partial charge in [-0.3, -0.25) is 4.98 Å². The number of carbonyl (C=O) groups excluding carboxylic acids is 1. The lowest BCUT2D eigenvalue weighted by atomic mass is 9.87. The van der Waals surface area contributed by atoms with Crippen LogP contribution in [0, 0.1) is 11.8 Å². The molecule has 0 radical (unpaired) electrons. The highest BCUT2D eigenvalue weighted by molar-refractivity contribution is 5.74. The Morgan fingerprint density at radius 3 is 2.77 bits per heavy atom. The Hall–Kier alpha value is -1.62. The summed E-state index contributed by atoms with van der Waals surface area (Å²) >= 11 is 0. The van der Waals surface area contributed by atoms with Crippen LogP contribution in [0.4, 0.5) is 4.79 Å². The molecular formula is C17H27N3O2. The average Bonchev–Trinajstić information content (AvgIpc) is 2.54. The zero-order valence-corrected chi connectivity index (χ0v) is 13.3. The molecule has 1 aliphatic rings. The van der Waals surface area contributed by atoms with Gasteiger partial charge in [0.15, 0.2) is 0 Å². The molecule has 5 heteroatoms. The van der Waals surface area contributed by atoms with Crippen molar-refractivity contribution in [3.8, 4) is 0 Å². The second-order valence-corrected chi connectivity index (χ2v) is 6.38. The highest BCUT2D eigenvalue weighted by Gasteiger charge is 2.20. The van der Waals surface area contributed by atoms with E-state index in [9.17, 15) is 9.90 Å². The number of hydrogen-bond acceptors (Lipinski definition) is 3. The number of aliphatic hydroxyl groups excluding tert-OH is 1. The summed E-state index contributed by atoms with van der Waals surface area (Å²) in [5.41, 5.74) is 0.935. The fourth-order valence-corrected chi connectivity index (χ4v) is 2.89. The number of carbonyl (C=O) groups is 1. The molecule has 1 aromatic heterocycles. The molecule has 3 N–H and O–H groups in total. The summed E-state index contributed by atoms with van der Waals surface area (Å²) in [6.45, 7) is 2.76. The first-order valence-corrected chi connectivity index (χ1v) is 8.22. The number of nitrogens with zero attached hydrogens (tertiary/aromatic N) is 1. The van der Waals surface area contributed by atoms with Gasteiger partial charge in [0.1, 0.15) is 0 Å². The maximum Gasteiger partial charge on any atom is 0.315 e. The van der Waals surface area contributed by atoms with Crippen molar-refractivity contribution in [2.24, 2.45) is 11.8 Å². The van der Waals surface area contributed by atoms with Crippen LogP contribution in [0.2, 0.25) is 0 Å². The van der Waals surface area contributed by atoms with Crippen molar-refractivity contribution in [2.45, 2.75) is 45.1 Å². The lowest BCUT2D eigenvalue weighted by Gasteiger charge is -2.27. The van der Waals surface area contributed by atoms with E-state index in [1.165, 1.54) is 12.8 Å². The average molecular weight is 305 g/mol. The molecule has 1 aromatic rings. The Labute approximate surface area is 132 Å². The number of pyridine rings is 1. The van der Waals surface area contributed by atoms with Crippen LogP contribution in [-0.4, -0.2) is 35.3 Å². The Morgan fingerprint density at radius 1 is 1.36 bits per heavy atom. The van der Waals surface area contributed by atoms with Gasteiger partial charge < -0.3 is 15.7 Å². The number of urea groups is 1. The van der Waals surface area contributed by atoms with Crippen LogP contribution in [0.15, 0.2) is 24.4 Å². The van der Waals surface area contributed by atoms with Crippen molar-refractivity contribution in [1.29, 1.82) is 0 Å². The molecular weight excluding hydrogens is 278 g/mol. The Balaban J connectivity index is 1.70. The van der Waals surface area contributed by atoms with Gasteiger partial charge in [-0.2, -0.15) is 0 Å². The molecule has 1 heterocycles. The summed E-state index contributed by atoms with van der Waals surface area (Å²) in [7, 11) is 0. The largest absolute Gasteiger partial charge is 0.396 e. The van der Waals surface area contributed by atoms with Gasteiger partial charge in [-0.15, -0.1) is 0 Å². The molecule has 1 aliphatic carbocycles. The minimum atomic E-state index is -0.126. The van der Waals surface area contributed by atoms with E-state index in [0.29, 0.717) is 19.0 Å². The lowest BCUT2D eigenvalue weighted by molar-refractivity contribution is 0.208. The van der Waals surface area contributed by atoms with Crippen molar-refractivity contribution in [1.82, 2.24) is 15.6 Å². The first-order chi connectivity index (χ1) is 10.7. The Kier molecular flexibility index (Phi) is 6.65. The second kappa shape index (κ2) is 8.73. The van der Waals surface area contributed by atoms with Gasteiger partial charge in [-0.1, -0.05) is 13.0 Å². The SMILES string of the molecule is CC1CCC(NC(=O)NCC(CO)Cc2ccccn2)CC1. The topological polar surface area (TPSA) is 74.2 Å². The third-order valence-electron chi connectivity index (χ3n) is 4.38. The maximum atomic E-state index is 11.9. The molecule has 22 heavy (non-hydrogen) atoms. The molecule has 2 amide bonds. The maximum absolute atomic E-state index is 11.9. The van der Waals surface area contributed by atoms with Gasteiger partial charge in [0.2, 0.25) is 0 Å². The predicted octanol–water partition coefficient (Wildman–Crippen LogP) is 2.11. The van der Waals surface area contributed by atoms with Crippen molar-refractivity contribution in [2.75, 3.05) is 13.2 Å². The van der Waals surface area contributed by atoms with Gasteiger partial charge in [-0.05, 0) is 50.2 Å². The van der Waals surface area contributed by atoms with Crippen LogP contribution >= 0.6 is 0 Å².